The molecule has 0 saturated carbocycles. The van der Waals surface area contributed by atoms with E-state index >= 15 is 0 Å². The van der Waals surface area contributed by atoms with Gasteiger partial charge in [-0.3, -0.25) is 14.5 Å². The van der Waals surface area contributed by atoms with Crippen LogP contribution in [-0.2, 0) is 32.8 Å². The molecule has 1 aromatic carbocycles. The molecule has 1 atom stereocenters. The number of hydrogen-bond acceptors (Lipinski definition) is 5. The van der Waals surface area contributed by atoms with Crippen molar-refractivity contribution in [3.63, 3.8) is 0 Å². The zero-order valence-electron chi connectivity index (χ0n) is 16.0. The zero-order chi connectivity index (χ0) is 19.9. The van der Waals surface area contributed by atoms with E-state index in [1.54, 1.807) is 25.1 Å². The maximum atomic E-state index is 13.3. The minimum Gasteiger partial charge on any atom is -0.508 e. The van der Waals surface area contributed by atoms with Crippen molar-refractivity contribution in [3.05, 3.63) is 52.2 Å². The maximum absolute atomic E-state index is 13.3. The number of nitrogens with zero attached hydrogens (tertiary/aromatic N) is 1. The van der Waals surface area contributed by atoms with Gasteiger partial charge >= 0.3 is 5.97 Å². The van der Waals surface area contributed by atoms with E-state index in [0.29, 0.717) is 24.1 Å². The lowest BCUT2D eigenvalue weighted by Gasteiger charge is -2.28. The topological polar surface area (TPSA) is 87.1 Å². The number of aliphatic hydroxyl groups is 1. The fraction of sp³-hybridized carbons (Fsp3) is 0.455. The van der Waals surface area contributed by atoms with Crippen LogP contribution in [0.2, 0.25) is 0 Å². The minimum atomic E-state index is -1.96. The van der Waals surface area contributed by atoms with Gasteiger partial charge < -0.3 is 14.9 Å². The third kappa shape index (κ3) is 2.83. The second kappa shape index (κ2) is 7.09. The van der Waals surface area contributed by atoms with E-state index in [2.05, 4.69) is 0 Å². The van der Waals surface area contributed by atoms with Crippen LogP contribution in [0.25, 0.3) is 0 Å². The number of esters is 1. The number of aromatic hydroxyl groups is 1. The van der Waals surface area contributed by atoms with Gasteiger partial charge in [0.2, 0.25) is 0 Å². The monoisotopic (exact) mass is 383 g/mol. The highest BCUT2D eigenvalue weighted by Crippen LogP contribution is 2.48. The molecule has 1 aliphatic heterocycles. The summed E-state index contributed by atoms with van der Waals surface area (Å²) in [7, 11) is 0. The highest BCUT2D eigenvalue weighted by molar-refractivity contribution is 5.98. The van der Waals surface area contributed by atoms with Crippen molar-refractivity contribution in [1.29, 1.82) is 0 Å². The Morgan fingerprint density at radius 3 is 2.64 bits per heavy atom. The van der Waals surface area contributed by atoms with E-state index < -0.39 is 17.5 Å². The summed E-state index contributed by atoms with van der Waals surface area (Å²) < 4.78 is 4.99. The SMILES string of the molecule is CCOC(=O)CN1C(=O)C(O)(c2cc3c(cc2O)CCCC3)C2=C1C=CCC2. The molecular formula is C22H25NO5. The highest BCUT2D eigenvalue weighted by atomic mass is 16.5. The number of amides is 1. The second-order valence-electron chi connectivity index (χ2n) is 7.56. The fourth-order valence-corrected chi connectivity index (χ4v) is 4.54. The average molecular weight is 383 g/mol. The van der Waals surface area contributed by atoms with E-state index in [-0.39, 0.29) is 24.5 Å². The highest BCUT2D eigenvalue weighted by Gasteiger charge is 2.54. The van der Waals surface area contributed by atoms with Crippen molar-refractivity contribution < 1.29 is 24.5 Å². The number of phenolic OH excluding ortho intramolecular Hbond substituents is 1. The Kier molecular flexibility index (Phi) is 4.75. The van der Waals surface area contributed by atoms with Crippen molar-refractivity contribution in [3.8, 4) is 5.75 Å². The quantitative estimate of drug-likeness (QED) is 0.780. The summed E-state index contributed by atoms with van der Waals surface area (Å²) in [6.07, 6.45) is 8.74. The van der Waals surface area contributed by atoms with Gasteiger partial charge in [0, 0.05) is 11.3 Å². The van der Waals surface area contributed by atoms with Crippen molar-refractivity contribution >= 4 is 11.9 Å². The number of rotatable bonds is 4. The number of aryl methyl sites for hydroxylation is 2. The lowest BCUT2D eigenvalue weighted by atomic mass is 9.79. The first kappa shape index (κ1) is 18.7. The molecule has 1 heterocycles. The molecule has 148 valence electrons. The molecule has 0 bridgehead atoms. The number of carbonyl (C=O) groups excluding carboxylic acids is 2. The maximum Gasteiger partial charge on any atom is 0.326 e. The van der Waals surface area contributed by atoms with E-state index in [4.69, 9.17) is 4.74 Å². The van der Waals surface area contributed by atoms with Crippen LogP contribution in [0.3, 0.4) is 0 Å². The Labute approximate surface area is 164 Å². The molecule has 2 aliphatic carbocycles. The molecule has 28 heavy (non-hydrogen) atoms. The summed E-state index contributed by atoms with van der Waals surface area (Å²) in [5.41, 5.74) is 1.47. The van der Waals surface area contributed by atoms with Crippen molar-refractivity contribution in [2.75, 3.05) is 13.2 Å². The molecule has 0 fully saturated rings. The summed E-state index contributed by atoms with van der Waals surface area (Å²) in [5, 5.41) is 22.3. The van der Waals surface area contributed by atoms with Crippen LogP contribution in [0.1, 0.15) is 49.3 Å². The largest absolute Gasteiger partial charge is 0.508 e. The van der Waals surface area contributed by atoms with E-state index in [1.165, 1.54) is 4.90 Å². The number of fused-ring (bicyclic) bond motifs is 1. The molecule has 0 aromatic heterocycles. The molecule has 1 amide bonds. The van der Waals surface area contributed by atoms with Gasteiger partial charge in [-0.2, -0.15) is 0 Å². The molecule has 1 unspecified atom stereocenters. The predicted molar refractivity (Wildman–Crippen MR) is 102 cm³/mol. The smallest absolute Gasteiger partial charge is 0.326 e. The van der Waals surface area contributed by atoms with Crippen LogP contribution in [0.5, 0.6) is 5.75 Å². The lowest BCUT2D eigenvalue weighted by molar-refractivity contribution is -0.152. The number of ether oxygens (including phenoxy) is 1. The summed E-state index contributed by atoms with van der Waals surface area (Å²) >= 11 is 0. The summed E-state index contributed by atoms with van der Waals surface area (Å²) in [5.74, 6) is -1.21. The number of carbonyl (C=O) groups is 2. The van der Waals surface area contributed by atoms with Gasteiger partial charge in [-0.1, -0.05) is 6.08 Å². The van der Waals surface area contributed by atoms with E-state index in [9.17, 15) is 19.8 Å². The van der Waals surface area contributed by atoms with E-state index in [0.717, 1.165) is 36.8 Å². The Morgan fingerprint density at radius 2 is 1.93 bits per heavy atom. The van der Waals surface area contributed by atoms with Gasteiger partial charge in [0.05, 0.1) is 6.61 Å². The molecule has 4 rings (SSSR count). The predicted octanol–water partition coefficient (Wildman–Crippen LogP) is 2.47. The van der Waals surface area contributed by atoms with Crippen LogP contribution in [0.15, 0.2) is 35.6 Å². The van der Waals surface area contributed by atoms with Gasteiger partial charge in [0.15, 0.2) is 5.60 Å². The average Bonchev–Trinajstić information content (AvgIpc) is 2.90. The second-order valence-corrected chi connectivity index (χ2v) is 7.56. The number of hydrogen-bond donors (Lipinski definition) is 2. The van der Waals surface area contributed by atoms with Crippen LogP contribution < -0.4 is 0 Å². The Hall–Kier alpha value is -2.60. The Morgan fingerprint density at radius 1 is 1.21 bits per heavy atom. The number of allylic oxidation sites excluding steroid dienone is 2. The van der Waals surface area contributed by atoms with Crippen LogP contribution >= 0.6 is 0 Å². The molecule has 6 heteroatoms. The van der Waals surface area contributed by atoms with E-state index in [1.807, 2.05) is 6.08 Å². The molecular weight excluding hydrogens is 358 g/mol. The Balaban J connectivity index is 1.80. The van der Waals surface area contributed by atoms with Gasteiger partial charge in [0.1, 0.15) is 12.3 Å². The summed E-state index contributed by atoms with van der Waals surface area (Å²) in [4.78, 5) is 26.6. The molecule has 0 radical (unpaired) electrons. The molecule has 6 nitrogen and oxygen atoms in total. The third-order valence-electron chi connectivity index (χ3n) is 5.87. The van der Waals surface area contributed by atoms with Gasteiger partial charge in [-0.25, -0.2) is 0 Å². The molecule has 3 aliphatic rings. The molecule has 0 saturated heterocycles. The van der Waals surface area contributed by atoms with Gasteiger partial charge in [-0.15, -0.1) is 0 Å². The van der Waals surface area contributed by atoms with Gasteiger partial charge in [0.25, 0.3) is 5.91 Å². The molecule has 0 spiro atoms. The first-order valence-corrected chi connectivity index (χ1v) is 9.92. The first-order valence-electron chi connectivity index (χ1n) is 9.92. The Bertz CT molecular complexity index is 900. The van der Waals surface area contributed by atoms with Crippen LogP contribution in [0, 0.1) is 0 Å². The fourth-order valence-electron chi connectivity index (χ4n) is 4.54. The lowest BCUT2D eigenvalue weighted by Crippen LogP contribution is -2.42. The number of benzene rings is 1. The summed E-state index contributed by atoms with van der Waals surface area (Å²) in [6.45, 7) is 1.67. The first-order chi connectivity index (χ1) is 13.5. The van der Waals surface area contributed by atoms with Crippen molar-refractivity contribution in [2.45, 2.75) is 51.0 Å². The van der Waals surface area contributed by atoms with Crippen molar-refractivity contribution in [1.82, 2.24) is 4.90 Å². The normalized spacial score (nSPS) is 23.6. The molecule has 1 aromatic rings. The minimum absolute atomic E-state index is 0.0733. The number of phenols is 1. The van der Waals surface area contributed by atoms with Crippen LogP contribution in [-0.4, -0.2) is 40.1 Å². The van der Waals surface area contributed by atoms with Crippen molar-refractivity contribution in [2.24, 2.45) is 0 Å². The standard InChI is InChI=1S/C22H25NO5/c1-2-28-20(25)13-23-18-10-6-5-9-16(18)22(27,21(23)26)17-11-14-7-3-4-8-15(14)12-19(17)24/h6,10-12,24,27H,2-5,7-9,13H2,1H3. The third-order valence-corrected chi connectivity index (χ3v) is 5.87. The van der Waals surface area contributed by atoms with Crippen LogP contribution in [0.4, 0.5) is 0 Å². The zero-order valence-corrected chi connectivity index (χ0v) is 16.0. The van der Waals surface area contributed by atoms with Gasteiger partial charge in [-0.05, 0) is 80.4 Å². The summed E-state index contributed by atoms with van der Waals surface area (Å²) in [6, 6.07) is 3.46. The molecule has 2 N–H and O–H groups in total.